The molecule has 6 nitrogen and oxygen atoms in total. The number of aryl methyl sites for hydroxylation is 1. The van der Waals surface area contributed by atoms with Gasteiger partial charge in [0.1, 0.15) is 4.90 Å². The van der Waals surface area contributed by atoms with Crippen molar-refractivity contribution >= 4 is 21.4 Å². The van der Waals surface area contributed by atoms with Crippen LogP contribution >= 0.6 is 0 Å². The van der Waals surface area contributed by atoms with Crippen LogP contribution in [0.2, 0.25) is 0 Å². The SMILES string of the molecule is Cc1ccc(N(N)S(=O)(=O)c2cccnc2)c(N)c1. The van der Waals surface area contributed by atoms with Gasteiger partial charge in [-0.1, -0.05) is 6.07 Å². The predicted molar refractivity (Wildman–Crippen MR) is 73.7 cm³/mol. The van der Waals surface area contributed by atoms with Crippen molar-refractivity contribution in [1.82, 2.24) is 4.98 Å². The van der Waals surface area contributed by atoms with Crippen LogP contribution < -0.4 is 16.0 Å². The van der Waals surface area contributed by atoms with E-state index in [0.717, 1.165) is 5.56 Å². The van der Waals surface area contributed by atoms with Crippen LogP contribution in [0.4, 0.5) is 11.4 Å². The summed E-state index contributed by atoms with van der Waals surface area (Å²) in [4.78, 5) is 3.78. The summed E-state index contributed by atoms with van der Waals surface area (Å²) in [5.41, 5.74) is 7.25. The molecule has 4 N–H and O–H groups in total. The number of hydrogen-bond donors (Lipinski definition) is 2. The summed E-state index contributed by atoms with van der Waals surface area (Å²) in [7, 11) is -3.86. The van der Waals surface area contributed by atoms with Gasteiger partial charge in [0.2, 0.25) is 0 Å². The number of nitrogens with zero attached hydrogens (tertiary/aromatic N) is 2. The summed E-state index contributed by atoms with van der Waals surface area (Å²) in [6.07, 6.45) is 2.72. The van der Waals surface area contributed by atoms with Crippen molar-refractivity contribution in [3.63, 3.8) is 0 Å². The average molecular weight is 278 g/mol. The fraction of sp³-hybridized carbons (Fsp3) is 0.0833. The van der Waals surface area contributed by atoms with Gasteiger partial charge in [0.15, 0.2) is 0 Å². The summed E-state index contributed by atoms with van der Waals surface area (Å²) in [6.45, 7) is 1.86. The van der Waals surface area contributed by atoms with Gasteiger partial charge >= 0.3 is 0 Å². The van der Waals surface area contributed by atoms with Crippen molar-refractivity contribution in [1.29, 1.82) is 0 Å². The molecule has 19 heavy (non-hydrogen) atoms. The first-order chi connectivity index (χ1) is 8.93. The normalized spacial score (nSPS) is 11.3. The van der Waals surface area contributed by atoms with Crippen molar-refractivity contribution in [3.8, 4) is 0 Å². The molecule has 0 fully saturated rings. The molecule has 2 aromatic rings. The molecule has 0 saturated carbocycles. The molecule has 0 aliphatic heterocycles. The van der Waals surface area contributed by atoms with Crippen LogP contribution in [-0.2, 0) is 10.0 Å². The Morgan fingerprint density at radius 3 is 2.58 bits per heavy atom. The van der Waals surface area contributed by atoms with Gasteiger partial charge < -0.3 is 5.73 Å². The highest BCUT2D eigenvalue weighted by atomic mass is 32.2. The molecule has 0 atom stereocenters. The van der Waals surface area contributed by atoms with E-state index in [1.54, 1.807) is 18.2 Å². The minimum absolute atomic E-state index is 0.0116. The number of rotatable bonds is 3. The fourth-order valence-corrected chi connectivity index (χ4v) is 2.71. The highest BCUT2D eigenvalue weighted by Crippen LogP contribution is 2.26. The lowest BCUT2D eigenvalue weighted by Gasteiger charge is -2.20. The Balaban J connectivity index is 2.47. The van der Waals surface area contributed by atoms with Crippen LogP contribution in [0, 0.1) is 6.92 Å². The smallest absolute Gasteiger partial charge is 0.279 e. The van der Waals surface area contributed by atoms with Crippen LogP contribution in [0.1, 0.15) is 5.56 Å². The van der Waals surface area contributed by atoms with Crippen molar-refractivity contribution in [2.24, 2.45) is 5.84 Å². The second-order valence-electron chi connectivity index (χ2n) is 4.05. The Bertz CT molecular complexity index is 686. The highest BCUT2D eigenvalue weighted by Gasteiger charge is 2.23. The molecule has 0 aliphatic carbocycles. The number of nitrogen functional groups attached to an aromatic ring is 1. The van der Waals surface area contributed by atoms with Crippen LogP contribution in [0.15, 0.2) is 47.6 Å². The second-order valence-corrected chi connectivity index (χ2v) is 5.87. The highest BCUT2D eigenvalue weighted by molar-refractivity contribution is 7.92. The molecule has 0 spiro atoms. The molecule has 0 amide bonds. The molecular formula is C12H14N4O2S. The average Bonchev–Trinajstić information content (AvgIpc) is 2.39. The summed E-state index contributed by atoms with van der Waals surface area (Å²) in [5.74, 6) is 5.69. The van der Waals surface area contributed by atoms with Crippen molar-refractivity contribution < 1.29 is 8.42 Å². The number of nitrogens with two attached hydrogens (primary N) is 2. The second kappa shape index (κ2) is 4.87. The van der Waals surface area contributed by atoms with Gasteiger partial charge in [-0.3, -0.25) is 4.98 Å². The van der Waals surface area contributed by atoms with Gasteiger partial charge in [-0.15, -0.1) is 0 Å². The van der Waals surface area contributed by atoms with E-state index < -0.39 is 10.0 Å². The molecule has 1 heterocycles. The standard InChI is InChI=1S/C12H14N4O2S/c1-9-4-5-12(11(13)7-9)16(14)19(17,18)10-3-2-6-15-8-10/h2-8H,13-14H2,1H3. The molecule has 1 aromatic heterocycles. The van der Waals surface area contributed by atoms with Crippen LogP contribution in [-0.4, -0.2) is 13.4 Å². The van der Waals surface area contributed by atoms with E-state index in [1.165, 1.54) is 24.5 Å². The van der Waals surface area contributed by atoms with Gasteiger partial charge in [-0.25, -0.2) is 5.84 Å². The largest absolute Gasteiger partial charge is 0.397 e. The number of benzene rings is 1. The lowest BCUT2D eigenvalue weighted by atomic mass is 10.2. The number of hydrazine groups is 1. The quantitative estimate of drug-likeness (QED) is 0.496. The summed E-state index contributed by atoms with van der Waals surface area (Å²) >= 11 is 0. The monoisotopic (exact) mass is 278 g/mol. The Labute approximate surface area is 111 Å². The first-order valence-corrected chi connectivity index (χ1v) is 6.93. The van der Waals surface area contributed by atoms with Crippen LogP contribution in [0.5, 0.6) is 0 Å². The molecule has 7 heteroatoms. The predicted octanol–water partition coefficient (Wildman–Crippen LogP) is 1.04. The molecule has 0 aliphatic rings. The Morgan fingerprint density at radius 2 is 2.00 bits per heavy atom. The number of hydrogen-bond acceptors (Lipinski definition) is 5. The van der Waals surface area contributed by atoms with Gasteiger partial charge in [0, 0.05) is 12.4 Å². The van der Waals surface area contributed by atoms with E-state index >= 15 is 0 Å². The third-order valence-corrected chi connectivity index (χ3v) is 4.16. The van der Waals surface area contributed by atoms with E-state index in [1.807, 2.05) is 6.92 Å². The van der Waals surface area contributed by atoms with Gasteiger partial charge in [-0.2, -0.15) is 12.8 Å². The van der Waals surface area contributed by atoms with E-state index in [2.05, 4.69) is 4.98 Å². The summed E-state index contributed by atoms with van der Waals surface area (Å²) in [6, 6.07) is 7.92. The Kier molecular flexibility index (Phi) is 3.41. The van der Waals surface area contributed by atoms with E-state index in [-0.39, 0.29) is 10.6 Å². The zero-order valence-corrected chi connectivity index (χ0v) is 11.1. The summed E-state index contributed by atoms with van der Waals surface area (Å²) < 4.78 is 25.2. The first kappa shape index (κ1) is 13.3. The number of sulfonamides is 1. The number of pyridine rings is 1. The Morgan fingerprint density at radius 1 is 1.26 bits per heavy atom. The van der Waals surface area contributed by atoms with Crippen LogP contribution in [0.3, 0.4) is 0 Å². The number of aromatic nitrogens is 1. The van der Waals surface area contributed by atoms with E-state index in [4.69, 9.17) is 11.6 Å². The molecule has 0 unspecified atom stereocenters. The zero-order chi connectivity index (χ0) is 14.0. The molecule has 0 radical (unpaired) electrons. The maximum absolute atomic E-state index is 12.3. The minimum atomic E-state index is -3.86. The molecular weight excluding hydrogens is 264 g/mol. The van der Waals surface area contributed by atoms with Crippen molar-refractivity contribution in [2.45, 2.75) is 11.8 Å². The zero-order valence-electron chi connectivity index (χ0n) is 10.3. The van der Waals surface area contributed by atoms with E-state index in [9.17, 15) is 8.42 Å². The van der Waals surface area contributed by atoms with Crippen LogP contribution in [0.25, 0.3) is 0 Å². The lowest BCUT2D eigenvalue weighted by molar-refractivity contribution is 0.591. The van der Waals surface area contributed by atoms with Crippen molar-refractivity contribution in [3.05, 3.63) is 48.3 Å². The molecule has 2 rings (SSSR count). The number of anilines is 2. The molecule has 100 valence electrons. The first-order valence-electron chi connectivity index (χ1n) is 5.49. The summed E-state index contributed by atoms with van der Waals surface area (Å²) in [5, 5.41) is 0. The topological polar surface area (TPSA) is 102 Å². The Hall–Kier alpha value is -2.12. The maximum atomic E-state index is 12.3. The molecule has 0 bridgehead atoms. The molecule has 0 saturated heterocycles. The van der Waals surface area contributed by atoms with E-state index in [0.29, 0.717) is 10.1 Å². The van der Waals surface area contributed by atoms with Gasteiger partial charge in [-0.05, 0) is 36.8 Å². The molecule has 1 aromatic carbocycles. The van der Waals surface area contributed by atoms with Crippen molar-refractivity contribution in [2.75, 3.05) is 10.1 Å². The fourth-order valence-electron chi connectivity index (χ4n) is 1.62. The third kappa shape index (κ3) is 2.51. The third-order valence-electron chi connectivity index (χ3n) is 2.61. The maximum Gasteiger partial charge on any atom is 0.279 e. The minimum Gasteiger partial charge on any atom is -0.397 e. The lowest BCUT2D eigenvalue weighted by Crippen LogP contribution is -2.38. The van der Waals surface area contributed by atoms with Gasteiger partial charge in [0.05, 0.1) is 11.4 Å². The van der Waals surface area contributed by atoms with Gasteiger partial charge in [0.25, 0.3) is 10.0 Å².